The second-order valence-corrected chi connectivity index (χ2v) is 6.47. The number of benzene rings is 2. The summed E-state index contributed by atoms with van der Waals surface area (Å²) in [6, 6.07) is 12.0. The van der Waals surface area contributed by atoms with Gasteiger partial charge in [-0.2, -0.15) is 0 Å². The van der Waals surface area contributed by atoms with E-state index >= 15 is 0 Å². The molecule has 7 nitrogen and oxygen atoms in total. The van der Waals surface area contributed by atoms with Crippen molar-refractivity contribution in [2.75, 3.05) is 31.1 Å². The van der Waals surface area contributed by atoms with Crippen LogP contribution in [0.25, 0.3) is 22.0 Å². The molecule has 1 saturated heterocycles. The number of nitrogens with zero attached hydrogens (tertiary/aromatic N) is 4. The number of amides is 1. The van der Waals surface area contributed by atoms with Crippen molar-refractivity contribution in [3.63, 3.8) is 0 Å². The van der Waals surface area contributed by atoms with Gasteiger partial charge in [0.15, 0.2) is 0 Å². The lowest BCUT2D eigenvalue weighted by Crippen LogP contribution is -2.45. The van der Waals surface area contributed by atoms with E-state index in [2.05, 4.69) is 32.4 Å². The third-order valence-corrected chi connectivity index (χ3v) is 4.91. The van der Waals surface area contributed by atoms with Crippen molar-refractivity contribution in [2.24, 2.45) is 0 Å². The number of carbonyl (C=O) groups excluding carboxylic acids is 1. The minimum Gasteiger partial charge on any atom is -0.368 e. The Labute approximate surface area is 162 Å². The molecule has 140 valence electrons. The van der Waals surface area contributed by atoms with Crippen LogP contribution in [0.2, 0.25) is 0 Å². The van der Waals surface area contributed by atoms with Crippen LogP contribution in [0.3, 0.4) is 0 Å². The van der Waals surface area contributed by atoms with Crippen molar-refractivity contribution in [2.45, 2.75) is 6.92 Å². The van der Waals surface area contributed by atoms with Gasteiger partial charge in [0.2, 0.25) is 6.41 Å². The number of H-pyrrole nitrogens is 1. The van der Waals surface area contributed by atoms with Crippen LogP contribution in [0, 0.1) is 6.92 Å². The molecule has 1 fully saturated rings. The monoisotopic (exact) mass is 385 g/mol. The number of aryl methyl sites for hydroxylation is 1. The van der Waals surface area contributed by atoms with E-state index in [-0.39, 0.29) is 18.0 Å². The van der Waals surface area contributed by atoms with Crippen molar-refractivity contribution >= 4 is 35.4 Å². The Morgan fingerprint density at radius 3 is 2.41 bits per heavy atom. The number of halogens is 1. The lowest BCUT2D eigenvalue weighted by atomic mass is 9.96. The Balaban J connectivity index is 0.00000210. The average molecular weight is 386 g/mol. The zero-order chi connectivity index (χ0) is 18.1. The van der Waals surface area contributed by atoms with Gasteiger partial charge in [0.25, 0.3) is 5.56 Å². The molecule has 8 heteroatoms. The summed E-state index contributed by atoms with van der Waals surface area (Å²) in [7, 11) is 0. The lowest BCUT2D eigenvalue weighted by Gasteiger charge is -2.34. The summed E-state index contributed by atoms with van der Waals surface area (Å²) in [5, 5.41) is 10.7. The topological polar surface area (TPSA) is 82.2 Å². The highest BCUT2D eigenvalue weighted by Gasteiger charge is 2.17. The van der Waals surface area contributed by atoms with Crippen LogP contribution in [0.15, 0.2) is 41.2 Å². The van der Waals surface area contributed by atoms with Crippen molar-refractivity contribution in [1.82, 2.24) is 20.3 Å². The first-order chi connectivity index (χ1) is 12.7. The Morgan fingerprint density at radius 1 is 1.04 bits per heavy atom. The van der Waals surface area contributed by atoms with Gasteiger partial charge in [0.1, 0.15) is 5.52 Å². The second kappa shape index (κ2) is 7.75. The number of aromatic nitrogens is 3. The van der Waals surface area contributed by atoms with Crippen LogP contribution in [0.5, 0.6) is 0 Å². The lowest BCUT2D eigenvalue weighted by molar-refractivity contribution is -0.118. The van der Waals surface area contributed by atoms with E-state index in [1.807, 2.05) is 31.2 Å². The molecule has 0 spiro atoms. The number of aromatic amines is 1. The first kappa shape index (κ1) is 18.8. The highest BCUT2D eigenvalue weighted by atomic mass is 35.5. The van der Waals surface area contributed by atoms with Gasteiger partial charge in [0.05, 0.1) is 5.39 Å². The average Bonchev–Trinajstić information content (AvgIpc) is 2.69. The molecular formula is C19H20ClN5O2. The molecule has 0 atom stereocenters. The van der Waals surface area contributed by atoms with E-state index in [0.29, 0.717) is 10.9 Å². The van der Waals surface area contributed by atoms with Crippen LogP contribution in [0.1, 0.15) is 5.56 Å². The van der Waals surface area contributed by atoms with Gasteiger partial charge in [0, 0.05) is 31.9 Å². The van der Waals surface area contributed by atoms with E-state index in [4.69, 9.17) is 0 Å². The standard InChI is InChI=1S/C19H19N5O2.ClH/c1-13-2-7-16-18(19(26)21-22-20-16)17(13)14-3-5-15(6-4-14)24-10-8-23(12-25)9-11-24;/h2-7,12H,8-11H2,1H3,(H,20,21,26);1H. The Hall–Kier alpha value is -2.93. The van der Waals surface area contributed by atoms with Gasteiger partial charge in [-0.1, -0.05) is 23.4 Å². The molecule has 1 N–H and O–H groups in total. The van der Waals surface area contributed by atoms with E-state index in [0.717, 1.165) is 55.0 Å². The highest BCUT2D eigenvalue weighted by molar-refractivity contribution is 5.95. The molecule has 0 saturated carbocycles. The molecule has 1 amide bonds. The van der Waals surface area contributed by atoms with Gasteiger partial charge >= 0.3 is 0 Å². The van der Waals surface area contributed by atoms with Crippen LogP contribution in [-0.2, 0) is 4.79 Å². The predicted octanol–water partition coefficient (Wildman–Crippen LogP) is 1.99. The van der Waals surface area contributed by atoms with Crippen molar-refractivity contribution in [3.05, 3.63) is 52.3 Å². The number of fused-ring (bicyclic) bond motifs is 1. The van der Waals surface area contributed by atoms with E-state index in [1.54, 1.807) is 4.90 Å². The summed E-state index contributed by atoms with van der Waals surface area (Å²) >= 11 is 0. The third-order valence-electron chi connectivity index (χ3n) is 4.91. The summed E-state index contributed by atoms with van der Waals surface area (Å²) in [5.41, 5.74) is 4.35. The number of nitrogens with one attached hydrogen (secondary N) is 1. The van der Waals surface area contributed by atoms with Crippen LogP contribution >= 0.6 is 12.4 Å². The molecule has 1 aliphatic rings. The molecule has 0 radical (unpaired) electrons. The molecular weight excluding hydrogens is 366 g/mol. The Bertz CT molecular complexity index is 1010. The quantitative estimate of drug-likeness (QED) is 0.697. The van der Waals surface area contributed by atoms with Crippen LogP contribution in [0.4, 0.5) is 5.69 Å². The van der Waals surface area contributed by atoms with Gasteiger partial charge in [-0.3, -0.25) is 9.59 Å². The maximum absolute atomic E-state index is 12.3. The first-order valence-electron chi connectivity index (χ1n) is 8.57. The Morgan fingerprint density at radius 2 is 1.74 bits per heavy atom. The number of piperazine rings is 1. The molecule has 0 unspecified atom stereocenters. The van der Waals surface area contributed by atoms with Gasteiger partial charge in [-0.15, -0.1) is 17.5 Å². The Kier molecular flexibility index (Phi) is 5.41. The highest BCUT2D eigenvalue weighted by Crippen LogP contribution is 2.30. The van der Waals surface area contributed by atoms with Crippen LogP contribution < -0.4 is 10.5 Å². The second-order valence-electron chi connectivity index (χ2n) is 6.47. The molecule has 2 heterocycles. The van der Waals surface area contributed by atoms with Crippen molar-refractivity contribution < 1.29 is 4.79 Å². The predicted molar refractivity (Wildman–Crippen MR) is 107 cm³/mol. The molecule has 3 aromatic rings. The molecule has 0 aliphatic carbocycles. The molecule has 0 bridgehead atoms. The summed E-state index contributed by atoms with van der Waals surface area (Å²) in [6.45, 7) is 5.10. The van der Waals surface area contributed by atoms with Gasteiger partial charge in [-0.25, -0.2) is 5.10 Å². The first-order valence-corrected chi connectivity index (χ1v) is 8.57. The smallest absolute Gasteiger partial charge is 0.275 e. The van der Waals surface area contributed by atoms with E-state index < -0.39 is 0 Å². The molecule has 2 aromatic carbocycles. The third kappa shape index (κ3) is 3.50. The van der Waals surface area contributed by atoms with Crippen molar-refractivity contribution in [1.29, 1.82) is 0 Å². The fraction of sp³-hybridized carbons (Fsp3) is 0.263. The fourth-order valence-corrected chi connectivity index (χ4v) is 3.49. The summed E-state index contributed by atoms with van der Waals surface area (Å²) in [5.74, 6) is 0. The van der Waals surface area contributed by atoms with E-state index in [1.165, 1.54) is 0 Å². The zero-order valence-electron chi connectivity index (χ0n) is 14.9. The summed E-state index contributed by atoms with van der Waals surface area (Å²) < 4.78 is 0. The van der Waals surface area contributed by atoms with Crippen LogP contribution in [-0.4, -0.2) is 52.9 Å². The van der Waals surface area contributed by atoms with Gasteiger partial charge < -0.3 is 9.80 Å². The molecule has 1 aromatic heterocycles. The number of hydrogen-bond donors (Lipinski definition) is 1. The normalized spacial score (nSPS) is 14.1. The maximum atomic E-state index is 12.3. The number of carbonyl (C=O) groups is 1. The minimum atomic E-state index is -0.234. The molecule has 1 aliphatic heterocycles. The fourth-order valence-electron chi connectivity index (χ4n) is 3.49. The largest absolute Gasteiger partial charge is 0.368 e. The molecule has 27 heavy (non-hydrogen) atoms. The zero-order valence-corrected chi connectivity index (χ0v) is 15.7. The minimum absolute atomic E-state index is 0. The molecule has 4 rings (SSSR count). The van der Waals surface area contributed by atoms with Crippen molar-refractivity contribution in [3.8, 4) is 11.1 Å². The number of anilines is 1. The summed E-state index contributed by atoms with van der Waals surface area (Å²) in [6.07, 6.45) is 0.907. The summed E-state index contributed by atoms with van der Waals surface area (Å²) in [4.78, 5) is 27.2. The number of rotatable bonds is 3. The van der Waals surface area contributed by atoms with Gasteiger partial charge in [-0.05, 0) is 41.8 Å². The van der Waals surface area contributed by atoms with E-state index in [9.17, 15) is 9.59 Å². The SMILES string of the molecule is Cc1ccc2nn[nH]c(=O)c2c1-c1ccc(N2CCN(C=O)CC2)cc1.Cl. The number of hydrogen-bond acceptors (Lipinski definition) is 5. The maximum Gasteiger partial charge on any atom is 0.275 e.